The third-order valence-corrected chi connectivity index (χ3v) is 3.85. The highest BCUT2D eigenvalue weighted by atomic mass is 19.1. The minimum Gasteiger partial charge on any atom is -0.481 e. The lowest BCUT2D eigenvalue weighted by Gasteiger charge is -2.31. The molecular weight excluding hydrogens is 263 g/mol. The molecule has 4 N–H and O–H groups in total. The van der Waals surface area contributed by atoms with Gasteiger partial charge in [-0.15, -0.1) is 0 Å². The van der Waals surface area contributed by atoms with Crippen LogP contribution in [0.15, 0.2) is 24.3 Å². The number of piperidine rings is 1. The van der Waals surface area contributed by atoms with Crippen LogP contribution in [0.4, 0.5) is 4.39 Å². The number of benzene rings is 1. The quantitative estimate of drug-likeness (QED) is 0.669. The summed E-state index contributed by atoms with van der Waals surface area (Å²) in [6.07, 6.45) is -0.624. The summed E-state index contributed by atoms with van der Waals surface area (Å²) in [6, 6.07) is 6.30. The highest BCUT2D eigenvalue weighted by Gasteiger charge is 2.34. The maximum absolute atomic E-state index is 13.6. The summed E-state index contributed by atoms with van der Waals surface area (Å²) >= 11 is 0. The number of aliphatic hydroxyl groups excluding tert-OH is 1. The molecule has 0 bridgehead atoms. The van der Waals surface area contributed by atoms with Crippen molar-refractivity contribution in [3.8, 4) is 0 Å². The molecule has 1 aliphatic rings. The van der Waals surface area contributed by atoms with E-state index in [0.29, 0.717) is 10.9 Å². The molecule has 2 heterocycles. The molecule has 1 aliphatic heterocycles. The molecule has 1 saturated heterocycles. The zero-order chi connectivity index (χ0) is 14.3. The summed E-state index contributed by atoms with van der Waals surface area (Å²) in [5.41, 5.74) is 1.45. The normalized spacial score (nSPS) is 26.8. The Labute approximate surface area is 114 Å². The van der Waals surface area contributed by atoms with Gasteiger partial charge in [0.15, 0.2) is 0 Å². The minimum atomic E-state index is -1.01. The molecule has 0 radical (unpaired) electrons. The summed E-state index contributed by atoms with van der Waals surface area (Å²) in [7, 11) is 0. The van der Waals surface area contributed by atoms with Crippen molar-refractivity contribution in [3.63, 3.8) is 0 Å². The van der Waals surface area contributed by atoms with E-state index >= 15 is 0 Å². The predicted octanol–water partition coefficient (Wildman–Crippen LogP) is 1.40. The van der Waals surface area contributed by atoms with Gasteiger partial charge < -0.3 is 20.5 Å². The topological polar surface area (TPSA) is 85.4 Å². The van der Waals surface area contributed by atoms with E-state index in [-0.39, 0.29) is 24.8 Å². The molecular formula is C14H15FN2O3. The molecule has 6 heteroatoms. The van der Waals surface area contributed by atoms with E-state index in [1.54, 1.807) is 18.2 Å². The predicted molar refractivity (Wildman–Crippen MR) is 70.8 cm³/mol. The van der Waals surface area contributed by atoms with Gasteiger partial charge in [-0.1, -0.05) is 6.07 Å². The molecule has 20 heavy (non-hydrogen) atoms. The molecule has 1 aromatic heterocycles. The highest BCUT2D eigenvalue weighted by molar-refractivity contribution is 5.81. The van der Waals surface area contributed by atoms with Crippen LogP contribution in [0.5, 0.6) is 0 Å². The number of aliphatic carboxylic acids is 1. The molecule has 1 aromatic carbocycles. The summed E-state index contributed by atoms with van der Waals surface area (Å²) in [4.78, 5) is 14.0. The summed E-state index contributed by atoms with van der Waals surface area (Å²) < 4.78 is 13.6. The SMILES string of the molecule is O=C(O)C1CNC(c2cc3c(F)cccc3[nH]2)CC1O. The first-order chi connectivity index (χ1) is 9.56. The lowest BCUT2D eigenvalue weighted by Crippen LogP contribution is -2.45. The lowest BCUT2D eigenvalue weighted by atomic mass is 9.90. The molecule has 1 fully saturated rings. The van der Waals surface area contributed by atoms with E-state index in [9.17, 15) is 14.3 Å². The van der Waals surface area contributed by atoms with Crippen LogP contribution >= 0.6 is 0 Å². The van der Waals surface area contributed by atoms with E-state index < -0.39 is 18.0 Å². The monoisotopic (exact) mass is 278 g/mol. The molecule has 3 unspecified atom stereocenters. The number of halogens is 1. The van der Waals surface area contributed by atoms with Crippen molar-refractivity contribution >= 4 is 16.9 Å². The first-order valence-corrected chi connectivity index (χ1v) is 6.47. The van der Waals surface area contributed by atoms with Crippen LogP contribution in [0, 0.1) is 11.7 Å². The Balaban J connectivity index is 1.86. The fourth-order valence-corrected chi connectivity index (χ4v) is 2.71. The molecule has 3 rings (SSSR count). The molecule has 106 valence electrons. The minimum absolute atomic E-state index is 0.193. The number of H-pyrrole nitrogens is 1. The number of aliphatic hydroxyl groups is 1. The van der Waals surface area contributed by atoms with Crippen LogP contribution in [-0.2, 0) is 4.79 Å². The number of carbonyl (C=O) groups is 1. The Morgan fingerprint density at radius 3 is 2.85 bits per heavy atom. The molecule has 0 aliphatic carbocycles. The summed E-state index contributed by atoms with van der Waals surface area (Å²) in [6.45, 7) is 0.193. The first-order valence-electron chi connectivity index (χ1n) is 6.47. The number of hydrogen-bond acceptors (Lipinski definition) is 3. The number of fused-ring (bicyclic) bond motifs is 1. The molecule has 2 aromatic rings. The Morgan fingerprint density at radius 1 is 1.40 bits per heavy atom. The third-order valence-electron chi connectivity index (χ3n) is 3.85. The van der Waals surface area contributed by atoms with Gasteiger partial charge in [0, 0.05) is 29.2 Å². The van der Waals surface area contributed by atoms with Gasteiger partial charge in [0.1, 0.15) is 5.82 Å². The van der Waals surface area contributed by atoms with Crippen LogP contribution in [0.1, 0.15) is 18.2 Å². The standard InChI is InChI=1S/C14H15FN2O3/c15-9-2-1-3-10-7(9)4-12(17-10)11-5-13(18)8(6-16-11)14(19)20/h1-4,8,11,13,16-18H,5-6H2,(H,19,20). The van der Waals surface area contributed by atoms with E-state index in [0.717, 1.165) is 5.69 Å². The Morgan fingerprint density at radius 2 is 2.20 bits per heavy atom. The molecule has 5 nitrogen and oxygen atoms in total. The average molecular weight is 278 g/mol. The Bertz CT molecular complexity index is 655. The smallest absolute Gasteiger partial charge is 0.310 e. The van der Waals surface area contributed by atoms with Gasteiger partial charge >= 0.3 is 5.97 Å². The number of rotatable bonds is 2. The number of carboxylic acid groups (broad SMARTS) is 1. The number of nitrogens with one attached hydrogen (secondary N) is 2. The molecule has 0 saturated carbocycles. The van der Waals surface area contributed by atoms with Gasteiger partial charge in [-0.05, 0) is 24.6 Å². The van der Waals surface area contributed by atoms with Crippen molar-refractivity contribution < 1.29 is 19.4 Å². The average Bonchev–Trinajstić information content (AvgIpc) is 2.83. The summed E-state index contributed by atoms with van der Waals surface area (Å²) in [5, 5.41) is 22.4. The van der Waals surface area contributed by atoms with Crippen molar-refractivity contribution in [2.45, 2.75) is 18.6 Å². The van der Waals surface area contributed by atoms with E-state index in [4.69, 9.17) is 5.11 Å². The fourth-order valence-electron chi connectivity index (χ4n) is 2.71. The van der Waals surface area contributed by atoms with Crippen molar-refractivity contribution in [1.29, 1.82) is 0 Å². The van der Waals surface area contributed by atoms with Crippen LogP contribution in [0.3, 0.4) is 0 Å². The Hall–Kier alpha value is -1.92. The molecule has 0 spiro atoms. The van der Waals surface area contributed by atoms with Crippen molar-refractivity contribution in [3.05, 3.63) is 35.8 Å². The van der Waals surface area contributed by atoms with Gasteiger partial charge in [-0.2, -0.15) is 0 Å². The number of aromatic nitrogens is 1. The highest BCUT2D eigenvalue weighted by Crippen LogP contribution is 2.29. The second-order valence-electron chi connectivity index (χ2n) is 5.13. The van der Waals surface area contributed by atoms with Gasteiger partial charge in [-0.25, -0.2) is 4.39 Å². The van der Waals surface area contributed by atoms with Gasteiger partial charge in [0.2, 0.25) is 0 Å². The maximum Gasteiger partial charge on any atom is 0.310 e. The lowest BCUT2D eigenvalue weighted by molar-refractivity contribution is -0.147. The Kier molecular flexibility index (Phi) is 3.19. The zero-order valence-corrected chi connectivity index (χ0v) is 10.6. The van der Waals surface area contributed by atoms with Crippen LogP contribution < -0.4 is 5.32 Å². The van der Waals surface area contributed by atoms with Gasteiger partial charge in [-0.3, -0.25) is 4.79 Å². The first kappa shape index (κ1) is 13.1. The second-order valence-corrected chi connectivity index (χ2v) is 5.13. The fraction of sp³-hybridized carbons (Fsp3) is 0.357. The molecule has 3 atom stereocenters. The summed E-state index contributed by atoms with van der Waals surface area (Å²) in [5.74, 6) is -2.11. The largest absolute Gasteiger partial charge is 0.481 e. The number of hydrogen-bond donors (Lipinski definition) is 4. The third kappa shape index (κ3) is 2.17. The maximum atomic E-state index is 13.6. The van der Waals surface area contributed by atoms with E-state index in [1.807, 2.05) is 0 Å². The zero-order valence-electron chi connectivity index (χ0n) is 10.6. The van der Waals surface area contributed by atoms with Crippen molar-refractivity contribution in [1.82, 2.24) is 10.3 Å². The van der Waals surface area contributed by atoms with Gasteiger partial charge in [0.25, 0.3) is 0 Å². The van der Waals surface area contributed by atoms with Crippen LogP contribution in [-0.4, -0.2) is 33.8 Å². The van der Waals surface area contributed by atoms with Gasteiger partial charge in [0.05, 0.1) is 12.0 Å². The number of carboxylic acids is 1. The van der Waals surface area contributed by atoms with Crippen molar-refractivity contribution in [2.75, 3.05) is 6.54 Å². The van der Waals surface area contributed by atoms with Crippen LogP contribution in [0.25, 0.3) is 10.9 Å². The number of aromatic amines is 1. The van der Waals surface area contributed by atoms with E-state index in [1.165, 1.54) is 6.07 Å². The van der Waals surface area contributed by atoms with Crippen LogP contribution in [0.2, 0.25) is 0 Å². The van der Waals surface area contributed by atoms with Crippen molar-refractivity contribution in [2.24, 2.45) is 5.92 Å². The van der Waals surface area contributed by atoms with E-state index in [2.05, 4.69) is 10.3 Å². The molecule has 0 amide bonds. The second kappa shape index (κ2) is 4.88.